The highest BCUT2D eigenvalue weighted by molar-refractivity contribution is 5.77. The lowest BCUT2D eigenvalue weighted by atomic mass is 9.78. The maximum absolute atomic E-state index is 12.4. The molecule has 54 heavy (non-hydrogen) atoms. The minimum absolute atomic E-state index is 0.0736. The number of nitrogens with one attached hydrogen (secondary N) is 2. The Kier molecular flexibility index (Phi) is 17.3. The molecule has 10 heteroatoms. The summed E-state index contributed by atoms with van der Waals surface area (Å²) < 4.78 is 0. The van der Waals surface area contributed by atoms with E-state index in [4.69, 9.17) is 0 Å². The number of hydrogen-bond donors (Lipinski definition) is 8. The van der Waals surface area contributed by atoms with Crippen LogP contribution in [0.15, 0.2) is 24.3 Å². The molecule has 0 heterocycles. The van der Waals surface area contributed by atoms with Crippen molar-refractivity contribution in [2.75, 3.05) is 26.4 Å². The number of rotatable bonds is 14. The number of benzene rings is 2. The van der Waals surface area contributed by atoms with Crippen LogP contribution in [0.5, 0.6) is 11.5 Å². The molecule has 0 fully saturated rings. The molecule has 2 aromatic carbocycles. The van der Waals surface area contributed by atoms with Crippen molar-refractivity contribution in [3.63, 3.8) is 0 Å². The Morgan fingerprint density at radius 2 is 0.870 bits per heavy atom. The first-order valence-electron chi connectivity index (χ1n) is 19.4. The molecular weight excluding hydrogens is 684 g/mol. The van der Waals surface area contributed by atoms with E-state index < -0.39 is 11.1 Å². The Bertz CT molecular complexity index is 1460. The first-order chi connectivity index (χ1) is 24.6. The lowest BCUT2D eigenvalue weighted by molar-refractivity contribution is -0.125. The van der Waals surface area contributed by atoms with Crippen molar-refractivity contribution in [3.8, 4) is 11.5 Å². The molecule has 0 radical (unpaired) electrons. The van der Waals surface area contributed by atoms with Crippen LogP contribution in [0.1, 0.15) is 156 Å². The summed E-state index contributed by atoms with van der Waals surface area (Å²) in [4.78, 5) is 24.7. The fraction of sp³-hybridized carbons (Fsp3) is 0.682. The monoisotopic (exact) mass is 759 g/mol. The third kappa shape index (κ3) is 13.5. The Hall–Kier alpha value is -3.18. The SMILES string of the molecule is CCC(CO)(CO)NC(=O)CCc1cc(C(C)(C)C)c(O)c(C(C)(C)C)c1.CCC(CO)(CO)NC(=O)CCc1cc(C(C)(C)C)cc(C(C)(C)C)c1O. The van der Waals surface area contributed by atoms with Gasteiger partial charge in [-0.25, -0.2) is 0 Å². The van der Waals surface area contributed by atoms with Crippen LogP contribution in [0.3, 0.4) is 0 Å². The summed E-state index contributed by atoms with van der Waals surface area (Å²) in [7, 11) is 0. The molecule has 0 aliphatic heterocycles. The summed E-state index contributed by atoms with van der Waals surface area (Å²) >= 11 is 0. The number of phenolic OH excluding ortho intramolecular Hbond substituents is 2. The Morgan fingerprint density at radius 3 is 1.19 bits per heavy atom. The topological polar surface area (TPSA) is 180 Å². The first-order valence-corrected chi connectivity index (χ1v) is 19.4. The first kappa shape index (κ1) is 48.8. The van der Waals surface area contributed by atoms with E-state index in [0.29, 0.717) is 31.4 Å². The molecule has 0 saturated heterocycles. The quantitative estimate of drug-likeness (QED) is 0.110. The minimum atomic E-state index is -0.997. The van der Waals surface area contributed by atoms with Gasteiger partial charge in [0.25, 0.3) is 0 Å². The Balaban J connectivity index is 0.000000540. The number of aliphatic hydroxyl groups excluding tert-OH is 4. The largest absolute Gasteiger partial charge is 0.507 e. The predicted octanol–water partition coefficient (Wildman–Crippen LogP) is 6.34. The second-order valence-corrected chi connectivity index (χ2v) is 19.1. The van der Waals surface area contributed by atoms with Gasteiger partial charge in [0.2, 0.25) is 11.8 Å². The van der Waals surface area contributed by atoms with Gasteiger partial charge in [-0.1, -0.05) is 121 Å². The van der Waals surface area contributed by atoms with E-state index in [1.54, 1.807) is 6.92 Å². The van der Waals surface area contributed by atoms with Crippen LogP contribution in [-0.4, -0.2) is 80.0 Å². The highest BCUT2D eigenvalue weighted by Crippen LogP contribution is 2.40. The zero-order chi connectivity index (χ0) is 42.1. The lowest BCUT2D eigenvalue weighted by Gasteiger charge is -2.30. The number of aliphatic hydroxyl groups is 4. The Labute approximate surface area is 325 Å². The average molecular weight is 759 g/mol. The van der Waals surface area contributed by atoms with Crippen LogP contribution in [0.25, 0.3) is 0 Å². The number of phenols is 2. The highest BCUT2D eigenvalue weighted by atomic mass is 16.3. The van der Waals surface area contributed by atoms with Gasteiger partial charge in [0, 0.05) is 12.8 Å². The van der Waals surface area contributed by atoms with E-state index in [0.717, 1.165) is 33.4 Å². The van der Waals surface area contributed by atoms with Gasteiger partial charge in [-0.05, 0) is 80.7 Å². The number of carbonyl (C=O) groups excluding carboxylic acids is 2. The third-order valence-corrected chi connectivity index (χ3v) is 10.3. The number of hydrogen-bond acceptors (Lipinski definition) is 8. The molecule has 0 atom stereocenters. The molecule has 0 unspecified atom stereocenters. The molecule has 0 saturated carbocycles. The lowest BCUT2D eigenvalue weighted by Crippen LogP contribution is -2.53. The maximum Gasteiger partial charge on any atom is 0.220 e. The maximum atomic E-state index is 12.4. The van der Waals surface area contributed by atoms with Crippen LogP contribution in [0, 0.1) is 0 Å². The van der Waals surface area contributed by atoms with Gasteiger partial charge in [0.1, 0.15) is 11.5 Å². The molecule has 10 nitrogen and oxygen atoms in total. The van der Waals surface area contributed by atoms with Crippen LogP contribution in [0.2, 0.25) is 0 Å². The van der Waals surface area contributed by atoms with Crippen LogP contribution < -0.4 is 10.6 Å². The summed E-state index contributed by atoms with van der Waals surface area (Å²) in [5.41, 5.74) is 2.79. The van der Waals surface area contributed by atoms with E-state index in [1.807, 2.05) is 25.1 Å². The van der Waals surface area contributed by atoms with Gasteiger partial charge in [-0.3, -0.25) is 9.59 Å². The number of aryl methyl sites for hydroxylation is 2. The standard InChI is InChI=1S/2C22H37NO4/c1-8-22(13-24,14-25)23-18(26)10-9-15-11-16(20(2,3)4)12-17(19(15)27)21(5,6)7;1-8-22(13-24,14-25)23-18(26)10-9-15-11-16(20(2,3)4)19(27)17(12-15)21(5,6)7/h2*11-12,24-25,27H,8-10,13-14H2,1-7H3,(H,23,26). The summed E-state index contributed by atoms with van der Waals surface area (Å²) in [6, 6.07) is 7.98. The van der Waals surface area contributed by atoms with E-state index in [-0.39, 0.29) is 78.5 Å². The molecule has 2 aromatic rings. The summed E-state index contributed by atoms with van der Waals surface area (Å²) in [5, 5.41) is 65.0. The van der Waals surface area contributed by atoms with Crippen molar-refractivity contribution in [1.82, 2.24) is 10.6 Å². The third-order valence-electron chi connectivity index (χ3n) is 10.3. The summed E-state index contributed by atoms with van der Waals surface area (Å²) in [6.45, 7) is 27.3. The number of carbonyl (C=O) groups is 2. The van der Waals surface area contributed by atoms with E-state index in [9.17, 15) is 40.2 Å². The van der Waals surface area contributed by atoms with Gasteiger partial charge in [-0.15, -0.1) is 0 Å². The van der Waals surface area contributed by atoms with Crippen molar-refractivity contribution < 1.29 is 40.2 Å². The molecule has 8 N–H and O–H groups in total. The van der Waals surface area contributed by atoms with Crippen LogP contribution in [0.4, 0.5) is 0 Å². The number of aromatic hydroxyl groups is 2. The average Bonchev–Trinajstić information content (AvgIpc) is 3.07. The smallest absolute Gasteiger partial charge is 0.220 e. The van der Waals surface area contributed by atoms with Crippen molar-refractivity contribution in [2.45, 2.75) is 168 Å². The Morgan fingerprint density at radius 1 is 0.519 bits per heavy atom. The second-order valence-electron chi connectivity index (χ2n) is 19.1. The molecule has 0 aromatic heterocycles. The van der Waals surface area contributed by atoms with E-state index in [2.05, 4.69) is 99.8 Å². The van der Waals surface area contributed by atoms with Crippen LogP contribution in [-0.2, 0) is 44.1 Å². The van der Waals surface area contributed by atoms with Crippen molar-refractivity contribution in [2.24, 2.45) is 0 Å². The molecule has 0 bridgehead atoms. The van der Waals surface area contributed by atoms with Gasteiger partial charge in [-0.2, -0.15) is 0 Å². The van der Waals surface area contributed by atoms with Gasteiger partial charge in [0.05, 0.1) is 37.5 Å². The molecule has 0 spiro atoms. The second kappa shape index (κ2) is 19.1. The van der Waals surface area contributed by atoms with E-state index >= 15 is 0 Å². The minimum Gasteiger partial charge on any atom is -0.507 e. The van der Waals surface area contributed by atoms with Gasteiger partial charge < -0.3 is 41.3 Å². The van der Waals surface area contributed by atoms with Crippen LogP contribution >= 0.6 is 0 Å². The molecule has 2 amide bonds. The highest BCUT2D eigenvalue weighted by Gasteiger charge is 2.31. The fourth-order valence-corrected chi connectivity index (χ4v) is 5.98. The zero-order valence-corrected chi connectivity index (χ0v) is 35.9. The molecule has 2 rings (SSSR count). The molecule has 308 valence electrons. The molecule has 0 aliphatic carbocycles. The zero-order valence-electron chi connectivity index (χ0n) is 35.9. The molecule has 0 aliphatic rings. The molecular formula is C44H74N2O8. The summed E-state index contributed by atoms with van der Waals surface area (Å²) in [5.74, 6) is 0.114. The number of amides is 2. The fourth-order valence-electron chi connectivity index (χ4n) is 5.98. The van der Waals surface area contributed by atoms with Gasteiger partial charge in [0.15, 0.2) is 0 Å². The normalized spacial score (nSPS) is 12.9. The van der Waals surface area contributed by atoms with E-state index in [1.165, 1.54) is 0 Å². The van der Waals surface area contributed by atoms with Gasteiger partial charge >= 0.3 is 0 Å². The predicted molar refractivity (Wildman–Crippen MR) is 218 cm³/mol. The van der Waals surface area contributed by atoms with Crippen molar-refractivity contribution in [3.05, 3.63) is 57.6 Å². The van der Waals surface area contributed by atoms with Crippen molar-refractivity contribution in [1.29, 1.82) is 0 Å². The summed E-state index contributed by atoms with van der Waals surface area (Å²) in [6.07, 6.45) is 2.22. The van der Waals surface area contributed by atoms with Crippen molar-refractivity contribution >= 4 is 11.8 Å².